The van der Waals surface area contributed by atoms with Gasteiger partial charge >= 0.3 is 5.97 Å². The largest absolute Gasteiger partial charge is 0.465 e. The summed E-state index contributed by atoms with van der Waals surface area (Å²) >= 11 is 4.18. The predicted molar refractivity (Wildman–Crippen MR) is 121 cm³/mol. The van der Waals surface area contributed by atoms with Crippen molar-refractivity contribution in [1.29, 1.82) is 0 Å². The molecule has 0 spiro atoms. The van der Waals surface area contributed by atoms with Crippen LogP contribution in [0.1, 0.15) is 32.8 Å². The van der Waals surface area contributed by atoms with E-state index in [0.29, 0.717) is 20.0 Å². The summed E-state index contributed by atoms with van der Waals surface area (Å²) in [4.78, 5) is 25.8. The van der Waals surface area contributed by atoms with Gasteiger partial charge in [-0.3, -0.25) is 4.79 Å². The van der Waals surface area contributed by atoms with Crippen LogP contribution in [-0.2, 0) is 22.4 Å². The maximum absolute atomic E-state index is 12.5. The number of aromatic nitrogens is 2. The van der Waals surface area contributed by atoms with Gasteiger partial charge in [-0.1, -0.05) is 41.3 Å². The molecule has 156 valence electrons. The van der Waals surface area contributed by atoms with Gasteiger partial charge in [0.05, 0.1) is 18.4 Å². The summed E-state index contributed by atoms with van der Waals surface area (Å²) < 4.78 is 5.62. The van der Waals surface area contributed by atoms with Crippen molar-refractivity contribution < 1.29 is 14.3 Å². The Labute approximate surface area is 186 Å². The van der Waals surface area contributed by atoms with E-state index >= 15 is 0 Å². The van der Waals surface area contributed by atoms with E-state index in [0.717, 1.165) is 41.0 Å². The topological polar surface area (TPSA) is 93.2 Å². The minimum Gasteiger partial charge on any atom is -0.465 e. The molecule has 10 heteroatoms. The molecule has 0 atom stereocenters. The number of methoxy groups -OCH3 is 1. The lowest BCUT2D eigenvalue weighted by molar-refractivity contribution is -0.113. The Balaban J connectivity index is 1.37. The summed E-state index contributed by atoms with van der Waals surface area (Å²) in [5, 5.41) is 15.7. The van der Waals surface area contributed by atoms with Crippen LogP contribution in [0.3, 0.4) is 0 Å². The molecule has 2 aromatic heterocycles. The van der Waals surface area contributed by atoms with Gasteiger partial charge in [-0.25, -0.2) is 4.79 Å². The number of thioether (sulfide) groups is 1. The Morgan fingerprint density at radius 1 is 1.20 bits per heavy atom. The number of para-hydroxylation sites is 1. The molecule has 30 heavy (non-hydrogen) atoms. The zero-order chi connectivity index (χ0) is 21.1. The van der Waals surface area contributed by atoms with Crippen LogP contribution >= 0.6 is 34.4 Å². The lowest BCUT2D eigenvalue weighted by Crippen LogP contribution is -2.16. The summed E-state index contributed by atoms with van der Waals surface area (Å²) in [6.07, 6.45) is 2.82. The van der Waals surface area contributed by atoms with Gasteiger partial charge in [0, 0.05) is 10.6 Å². The number of carbonyl (C=O) groups is 2. The predicted octanol–water partition coefficient (Wildman–Crippen LogP) is 4.66. The number of ether oxygens (including phenoxy) is 1. The van der Waals surface area contributed by atoms with Crippen LogP contribution in [-0.4, -0.2) is 34.9 Å². The average molecular weight is 461 g/mol. The third kappa shape index (κ3) is 4.50. The molecule has 0 saturated heterocycles. The van der Waals surface area contributed by atoms with Crippen molar-refractivity contribution in [2.45, 2.75) is 30.5 Å². The van der Waals surface area contributed by atoms with E-state index in [1.54, 1.807) is 0 Å². The number of nitrogens with one attached hydrogen (secondary N) is 2. The number of thiophene rings is 1. The maximum atomic E-state index is 12.5. The number of hydrogen-bond donors (Lipinski definition) is 2. The van der Waals surface area contributed by atoms with Crippen LogP contribution < -0.4 is 10.6 Å². The Kier molecular flexibility index (Phi) is 6.35. The van der Waals surface area contributed by atoms with Crippen molar-refractivity contribution in [2.75, 3.05) is 23.5 Å². The number of esters is 1. The van der Waals surface area contributed by atoms with Gasteiger partial charge in [-0.05, 0) is 43.4 Å². The van der Waals surface area contributed by atoms with E-state index in [4.69, 9.17) is 4.74 Å². The smallest absolute Gasteiger partial charge is 0.341 e. The highest BCUT2D eigenvalue weighted by atomic mass is 32.2. The molecule has 4 rings (SSSR count). The first kappa shape index (κ1) is 20.8. The molecule has 0 unspecified atom stereocenters. The summed E-state index contributed by atoms with van der Waals surface area (Å²) in [5.74, 6) is -0.399. The van der Waals surface area contributed by atoms with Crippen LogP contribution in [0.5, 0.6) is 0 Å². The number of carbonyl (C=O) groups excluding carboxylic acids is 2. The highest BCUT2D eigenvalue weighted by Crippen LogP contribution is 2.39. The molecule has 0 aliphatic heterocycles. The molecule has 1 aromatic carbocycles. The van der Waals surface area contributed by atoms with E-state index in [9.17, 15) is 9.59 Å². The van der Waals surface area contributed by atoms with Gasteiger partial charge < -0.3 is 15.4 Å². The molecule has 1 amide bonds. The first-order valence-electron chi connectivity index (χ1n) is 9.37. The first-order chi connectivity index (χ1) is 14.5. The van der Waals surface area contributed by atoms with Gasteiger partial charge in [-0.15, -0.1) is 21.5 Å². The van der Waals surface area contributed by atoms with E-state index in [1.165, 1.54) is 41.5 Å². The number of rotatable bonds is 7. The molecule has 7 nitrogen and oxygen atoms in total. The lowest BCUT2D eigenvalue weighted by Gasteiger charge is -2.06. The highest BCUT2D eigenvalue weighted by molar-refractivity contribution is 8.01. The van der Waals surface area contributed by atoms with Crippen LogP contribution in [0.15, 0.2) is 28.6 Å². The normalized spacial score (nSPS) is 12.5. The quantitative estimate of drug-likeness (QED) is 0.391. The zero-order valence-corrected chi connectivity index (χ0v) is 18.9. The number of hydrogen-bond acceptors (Lipinski definition) is 9. The summed E-state index contributed by atoms with van der Waals surface area (Å²) in [6, 6.07) is 7.94. The number of nitrogens with zero attached hydrogens (tertiary/aromatic N) is 2. The Hall–Kier alpha value is -2.43. The van der Waals surface area contributed by atoms with Crippen LogP contribution in [0, 0.1) is 6.92 Å². The molecule has 2 N–H and O–H groups in total. The van der Waals surface area contributed by atoms with Crippen LogP contribution in [0.25, 0.3) is 0 Å². The zero-order valence-electron chi connectivity index (χ0n) is 16.5. The van der Waals surface area contributed by atoms with E-state index in [-0.39, 0.29) is 11.7 Å². The van der Waals surface area contributed by atoms with Crippen molar-refractivity contribution in [1.82, 2.24) is 10.2 Å². The van der Waals surface area contributed by atoms with Crippen LogP contribution in [0.2, 0.25) is 0 Å². The Bertz CT molecular complexity index is 1090. The maximum Gasteiger partial charge on any atom is 0.341 e. The van der Waals surface area contributed by atoms with Crippen molar-refractivity contribution in [3.8, 4) is 0 Å². The molecule has 3 aromatic rings. The fourth-order valence-electron chi connectivity index (χ4n) is 3.25. The van der Waals surface area contributed by atoms with E-state index < -0.39 is 5.97 Å². The van der Waals surface area contributed by atoms with E-state index in [2.05, 4.69) is 20.8 Å². The van der Waals surface area contributed by atoms with Gasteiger partial charge in [0.2, 0.25) is 11.0 Å². The second kappa shape index (κ2) is 9.15. The van der Waals surface area contributed by atoms with Crippen molar-refractivity contribution >= 4 is 62.1 Å². The van der Waals surface area contributed by atoms with Crippen molar-refractivity contribution in [2.24, 2.45) is 0 Å². The molecular formula is C20H20N4O3S3. The average Bonchev–Trinajstić information content (AvgIpc) is 3.44. The molecule has 1 aliphatic carbocycles. The van der Waals surface area contributed by atoms with Crippen LogP contribution in [0.4, 0.5) is 15.8 Å². The number of fused-ring (bicyclic) bond motifs is 1. The molecule has 0 fully saturated rings. The molecule has 0 radical (unpaired) electrons. The monoisotopic (exact) mass is 460 g/mol. The second-order valence-corrected chi connectivity index (χ2v) is 10.0. The first-order valence-corrected chi connectivity index (χ1v) is 12.0. The third-order valence-electron chi connectivity index (χ3n) is 4.68. The summed E-state index contributed by atoms with van der Waals surface area (Å²) in [5.41, 5.74) is 3.62. The minimum absolute atomic E-state index is 0.183. The van der Waals surface area contributed by atoms with Gasteiger partial charge in [0.25, 0.3) is 0 Å². The van der Waals surface area contributed by atoms with Gasteiger partial charge in [0.1, 0.15) is 5.00 Å². The third-order valence-corrected chi connectivity index (χ3v) is 7.86. The summed E-state index contributed by atoms with van der Waals surface area (Å²) in [6.45, 7) is 2.02. The highest BCUT2D eigenvalue weighted by Gasteiger charge is 2.28. The Morgan fingerprint density at radius 2 is 2.03 bits per heavy atom. The molecule has 0 bridgehead atoms. The number of aryl methyl sites for hydroxylation is 2. The lowest BCUT2D eigenvalue weighted by atomic mass is 10.1. The van der Waals surface area contributed by atoms with Crippen molar-refractivity contribution in [3.05, 3.63) is 45.8 Å². The standard InChI is InChI=1S/C20H20N4O3S3/c1-11-6-3-4-8-13(11)21-19-23-24-20(30-19)28-10-15(25)22-17-16(18(26)27-2)12-7-5-9-14(12)29-17/h3-4,6,8H,5,7,9-10H2,1-2H3,(H,21,23)(H,22,25). The Morgan fingerprint density at radius 3 is 2.83 bits per heavy atom. The van der Waals surface area contributed by atoms with Gasteiger partial charge in [0.15, 0.2) is 4.34 Å². The van der Waals surface area contributed by atoms with Gasteiger partial charge in [-0.2, -0.15) is 0 Å². The second-order valence-electron chi connectivity index (χ2n) is 6.70. The van der Waals surface area contributed by atoms with Crippen molar-refractivity contribution in [3.63, 3.8) is 0 Å². The fourth-order valence-corrected chi connectivity index (χ4v) is 6.11. The molecular weight excluding hydrogens is 440 g/mol. The number of anilines is 3. The minimum atomic E-state index is -0.395. The molecule has 0 saturated carbocycles. The summed E-state index contributed by atoms with van der Waals surface area (Å²) in [7, 11) is 1.36. The SMILES string of the molecule is COC(=O)c1c(NC(=O)CSc2nnc(Nc3ccccc3C)s2)sc2c1CCC2. The fraction of sp³-hybridized carbons (Fsp3) is 0.300. The van der Waals surface area contributed by atoms with E-state index in [1.807, 2.05) is 31.2 Å². The number of benzene rings is 1. The molecule has 1 aliphatic rings. The number of amides is 1. The molecule has 2 heterocycles.